The SMILES string of the molecule is CC(=O)/C=C(/C)O.COc1c[c-]c(-c2cc(N(C)C)ccn2)c(OC)c1.[Ir]. The zero-order valence-electron chi connectivity index (χ0n) is 16.4. The first-order chi connectivity index (χ1) is 12.3. The summed E-state index contributed by atoms with van der Waals surface area (Å²) in [5.41, 5.74) is 2.73. The molecule has 1 N–H and O–H groups in total. The number of methoxy groups -OCH3 is 2. The van der Waals surface area contributed by atoms with Crippen molar-refractivity contribution in [3.8, 4) is 22.8 Å². The Hall–Kier alpha value is -2.37. The summed E-state index contributed by atoms with van der Waals surface area (Å²) in [4.78, 5) is 16.4. The van der Waals surface area contributed by atoms with Gasteiger partial charge in [-0.05, 0) is 25.6 Å². The monoisotopic (exact) mass is 550 g/mol. The van der Waals surface area contributed by atoms with Crippen molar-refractivity contribution in [2.75, 3.05) is 33.2 Å². The van der Waals surface area contributed by atoms with Gasteiger partial charge in [0.1, 0.15) is 0 Å². The average Bonchev–Trinajstić information content (AvgIpc) is 2.60. The Bertz CT molecular complexity index is 772. The maximum absolute atomic E-state index is 10.0. The number of aliphatic hydroxyl groups is 1. The van der Waals surface area contributed by atoms with Crippen LogP contribution < -0.4 is 14.4 Å². The van der Waals surface area contributed by atoms with E-state index in [0.717, 1.165) is 16.9 Å². The summed E-state index contributed by atoms with van der Waals surface area (Å²) in [6.07, 6.45) is 2.95. The first kappa shape index (κ1) is 24.6. The summed E-state index contributed by atoms with van der Waals surface area (Å²) in [5.74, 6) is 1.35. The van der Waals surface area contributed by atoms with Crippen molar-refractivity contribution in [1.82, 2.24) is 4.98 Å². The number of aromatic nitrogens is 1. The van der Waals surface area contributed by atoms with Crippen LogP contribution in [0.1, 0.15) is 13.8 Å². The summed E-state index contributed by atoms with van der Waals surface area (Å²) in [5, 5.41) is 8.36. The van der Waals surface area contributed by atoms with Crippen LogP contribution in [0.3, 0.4) is 0 Å². The summed E-state index contributed by atoms with van der Waals surface area (Å²) in [7, 11) is 7.23. The summed E-state index contributed by atoms with van der Waals surface area (Å²) < 4.78 is 10.5. The number of ether oxygens (including phenoxy) is 2. The van der Waals surface area contributed by atoms with Crippen molar-refractivity contribution in [3.05, 3.63) is 48.4 Å². The molecule has 1 aromatic carbocycles. The molecule has 1 radical (unpaired) electrons. The molecule has 0 fully saturated rings. The Balaban J connectivity index is 0.000000728. The van der Waals surface area contributed by atoms with Crippen molar-refractivity contribution in [1.29, 1.82) is 0 Å². The molecular weight excluding hydrogens is 524 g/mol. The summed E-state index contributed by atoms with van der Waals surface area (Å²) in [6, 6.07) is 10.7. The second kappa shape index (κ2) is 12.1. The fourth-order valence-electron chi connectivity index (χ4n) is 2.06. The first-order valence-electron chi connectivity index (χ1n) is 7.93. The largest absolute Gasteiger partial charge is 0.540 e. The van der Waals surface area contributed by atoms with Crippen molar-refractivity contribution < 1.29 is 39.5 Å². The Morgan fingerprint density at radius 1 is 1.22 bits per heavy atom. The number of rotatable bonds is 5. The number of carbonyl (C=O) groups is 1. The van der Waals surface area contributed by atoms with Crippen LogP contribution in [0.15, 0.2) is 42.3 Å². The van der Waals surface area contributed by atoms with E-state index >= 15 is 0 Å². The summed E-state index contributed by atoms with van der Waals surface area (Å²) in [6.45, 7) is 2.85. The van der Waals surface area contributed by atoms with Gasteiger partial charge in [-0.3, -0.25) is 4.79 Å². The number of hydrogen-bond donors (Lipinski definition) is 1. The Kier molecular flexibility index (Phi) is 11.0. The molecule has 7 heteroatoms. The van der Waals surface area contributed by atoms with Gasteiger partial charge in [0.15, 0.2) is 5.78 Å². The van der Waals surface area contributed by atoms with E-state index in [1.807, 2.05) is 37.2 Å². The zero-order valence-corrected chi connectivity index (χ0v) is 18.8. The molecule has 0 amide bonds. The normalized spacial score (nSPS) is 10.1. The van der Waals surface area contributed by atoms with Crippen LogP contribution in [0.5, 0.6) is 11.5 Å². The van der Waals surface area contributed by atoms with Crippen LogP contribution in [-0.4, -0.2) is 44.2 Å². The van der Waals surface area contributed by atoms with Crippen molar-refractivity contribution >= 4 is 11.5 Å². The van der Waals surface area contributed by atoms with E-state index in [2.05, 4.69) is 11.1 Å². The molecule has 2 rings (SSSR count). The molecule has 0 aliphatic carbocycles. The second-order valence-electron chi connectivity index (χ2n) is 5.67. The number of nitrogens with zero attached hydrogens (tertiary/aromatic N) is 2. The molecule has 0 aliphatic heterocycles. The van der Waals surface area contributed by atoms with Crippen LogP contribution in [-0.2, 0) is 24.9 Å². The molecule has 149 valence electrons. The number of anilines is 1. The molecular formula is C20H25IrN2O4-. The fraction of sp³-hybridized carbons (Fsp3) is 0.300. The Morgan fingerprint density at radius 2 is 1.89 bits per heavy atom. The third kappa shape index (κ3) is 8.24. The second-order valence-corrected chi connectivity index (χ2v) is 5.67. The minimum atomic E-state index is -0.125. The quantitative estimate of drug-likeness (QED) is 0.349. The van der Waals surface area contributed by atoms with E-state index in [9.17, 15) is 4.79 Å². The van der Waals surface area contributed by atoms with E-state index < -0.39 is 0 Å². The average molecular weight is 550 g/mol. The number of benzene rings is 1. The number of ketones is 1. The molecule has 27 heavy (non-hydrogen) atoms. The Labute approximate surface area is 174 Å². The maximum atomic E-state index is 10.0. The van der Waals surface area contributed by atoms with Gasteiger partial charge in [0.25, 0.3) is 0 Å². The fourth-order valence-corrected chi connectivity index (χ4v) is 2.06. The molecule has 0 atom stereocenters. The molecule has 0 saturated carbocycles. The number of hydrogen-bond acceptors (Lipinski definition) is 6. The molecule has 0 unspecified atom stereocenters. The van der Waals surface area contributed by atoms with Gasteiger partial charge in [-0.25, -0.2) is 0 Å². The standard InChI is InChI=1S/C15H17N2O2.C5H8O2.Ir/c1-17(2)11-7-8-16-14(9-11)13-6-5-12(18-3)10-15(13)19-4;1-4(6)3-5(2)7;/h5,7-10H,1-4H3;3,6H,1-2H3;/q-1;;/b;4-3-;. The van der Waals surface area contributed by atoms with Gasteiger partial charge in [0, 0.05) is 63.7 Å². The zero-order chi connectivity index (χ0) is 19.7. The van der Waals surface area contributed by atoms with Crippen LogP contribution in [0, 0.1) is 6.07 Å². The van der Waals surface area contributed by atoms with E-state index in [-0.39, 0.29) is 31.6 Å². The van der Waals surface area contributed by atoms with E-state index in [4.69, 9.17) is 14.6 Å². The number of allylic oxidation sites excluding steroid dienone is 2. The van der Waals surface area contributed by atoms with E-state index in [1.54, 1.807) is 26.5 Å². The van der Waals surface area contributed by atoms with Gasteiger partial charge in [0.05, 0.1) is 20.0 Å². The predicted octanol–water partition coefficient (Wildman–Crippen LogP) is 3.67. The summed E-state index contributed by atoms with van der Waals surface area (Å²) >= 11 is 0. The third-order valence-corrected chi connectivity index (χ3v) is 3.26. The smallest absolute Gasteiger partial charge is 0.155 e. The van der Waals surface area contributed by atoms with Crippen LogP contribution in [0.2, 0.25) is 0 Å². The minimum Gasteiger partial charge on any atom is -0.540 e. The van der Waals surface area contributed by atoms with E-state index in [0.29, 0.717) is 11.5 Å². The first-order valence-corrected chi connectivity index (χ1v) is 7.93. The van der Waals surface area contributed by atoms with Crippen molar-refractivity contribution in [2.45, 2.75) is 13.8 Å². The third-order valence-electron chi connectivity index (χ3n) is 3.26. The van der Waals surface area contributed by atoms with Gasteiger partial charge in [-0.2, -0.15) is 0 Å². The number of carbonyl (C=O) groups excluding carboxylic acids is 1. The molecule has 0 saturated heterocycles. The van der Waals surface area contributed by atoms with Gasteiger partial charge in [0.2, 0.25) is 0 Å². The molecule has 0 spiro atoms. The van der Waals surface area contributed by atoms with Gasteiger partial charge < -0.3 is 24.5 Å². The molecule has 1 aromatic heterocycles. The van der Waals surface area contributed by atoms with Gasteiger partial charge in [-0.1, -0.05) is 17.7 Å². The topological polar surface area (TPSA) is 71.9 Å². The van der Waals surface area contributed by atoms with E-state index in [1.165, 1.54) is 19.9 Å². The molecule has 2 aromatic rings. The van der Waals surface area contributed by atoms with Crippen LogP contribution in [0.25, 0.3) is 11.3 Å². The molecule has 0 bridgehead atoms. The number of pyridine rings is 1. The predicted molar refractivity (Wildman–Crippen MR) is 103 cm³/mol. The Morgan fingerprint density at radius 3 is 2.33 bits per heavy atom. The minimum absolute atomic E-state index is 0. The van der Waals surface area contributed by atoms with Crippen molar-refractivity contribution in [2.24, 2.45) is 0 Å². The van der Waals surface area contributed by atoms with Gasteiger partial charge >= 0.3 is 0 Å². The van der Waals surface area contributed by atoms with Gasteiger partial charge in [-0.15, -0.1) is 12.1 Å². The van der Waals surface area contributed by atoms with Crippen molar-refractivity contribution in [3.63, 3.8) is 0 Å². The molecule has 6 nitrogen and oxygen atoms in total. The molecule has 1 heterocycles. The molecule has 0 aliphatic rings. The maximum Gasteiger partial charge on any atom is 0.155 e. The number of aliphatic hydroxyl groups excluding tert-OH is 1. The van der Waals surface area contributed by atoms with Crippen LogP contribution >= 0.6 is 0 Å². The van der Waals surface area contributed by atoms with Crippen LogP contribution in [0.4, 0.5) is 5.69 Å².